The summed E-state index contributed by atoms with van der Waals surface area (Å²) in [6, 6.07) is 9.59. The van der Waals surface area contributed by atoms with E-state index >= 15 is 0 Å². The SMILES string of the molecule is CC(O)c1c(-c2cccnc2)nc2ccccn12. The molecule has 3 rings (SSSR count). The maximum atomic E-state index is 9.97. The van der Waals surface area contributed by atoms with Crippen molar-refractivity contribution in [2.45, 2.75) is 13.0 Å². The van der Waals surface area contributed by atoms with Crippen LogP contribution in [0.3, 0.4) is 0 Å². The lowest BCUT2D eigenvalue weighted by atomic mass is 10.1. The molecule has 0 aromatic carbocycles. The maximum absolute atomic E-state index is 9.97. The molecule has 3 aromatic rings. The Morgan fingerprint density at radius 3 is 2.83 bits per heavy atom. The van der Waals surface area contributed by atoms with Crippen LogP contribution in [-0.4, -0.2) is 19.5 Å². The number of hydrogen-bond acceptors (Lipinski definition) is 3. The van der Waals surface area contributed by atoms with Crippen LogP contribution in [0.4, 0.5) is 0 Å². The van der Waals surface area contributed by atoms with Crippen molar-refractivity contribution in [3.63, 3.8) is 0 Å². The molecular weight excluding hydrogens is 226 g/mol. The van der Waals surface area contributed by atoms with Gasteiger partial charge in [0.15, 0.2) is 0 Å². The fraction of sp³-hybridized carbons (Fsp3) is 0.143. The van der Waals surface area contributed by atoms with Crippen LogP contribution >= 0.6 is 0 Å². The minimum absolute atomic E-state index is 0.586. The van der Waals surface area contributed by atoms with Gasteiger partial charge in [0.05, 0.1) is 17.5 Å². The summed E-state index contributed by atoms with van der Waals surface area (Å²) in [5.41, 5.74) is 3.31. The fourth-order valence-corrected chi connectivity index (χ4v) is 2.13. The fourth-order valence-electron chi connectivity index (χ4n) is 2.13. The van der Waals surface area contributed by atoms with Crippen molar-refractivity contribution in [2.75, 3.05) is 0 Å². The van der Waals surface area contributed by atoms with E-state index < -0.39 is 6.10 Å². The molecule has 1 N–H and O–H groups in total. The zero-order valence-electron chi connectivity index (χ0n) is 9.99. The highest BCUT2D eigenvalue weighted by Crippen LogP contribution is 2.28. The van der Waals surface area contributed by atoms with Crippen molar-refractivity contribution in [1.29, 1.82) is 0 Å². The number of pyridine rings is 2. The van der Waals surface area contributed by atoms with Gasteiger partial charge in [0.1, 0.15) is 5.65 Å². The van der Waals surface area contributed by atoms with Gasteiger partial charge < -0.3 is 9.51 Å². The molecule has 4 nitrogen and oxygen atoms in total. The summed E-state index contributed by atoms with van der Waals surface area (Å²) in [6.45, 7) is 1.75. The van der Waals surface area contributed by atoms with Gasteiger partial charge in [-0.3, -0.25) is 4.98 Å². The van der Waals surface area contributed by atoms with Crippen LogP contribution in [0.25, 0.3) is 16.9 Å². The zero-order chi connectivity index (χ0) is 12.5. The highest BCUT2D eigenvalue weighted by molar-refractivity contribution is 5.66. The topological polar surface area (TPSA) is 50.4 Å². The molecule has 0 aliphatic carbocycles. The normalized spacial score (nSPS) is 12.8. The maximum Gasteiger partial charge on any atom is 0.137 e. The molecule has 0 amide bonds. The highest BCUT2D eigenvalue weighted by Gasteiger charge is 2.17. The van der Waals surface area contributed by atoms with Gasteiger partial charge in [0.25, 0.3) is 0 Å². The minimum atomic E-state index is -0.586. The third-order valence-corrected chi connectivity index (χ3v) is 2.90. The van der Waals surface area contributed by atoms with Crippen LogP contribution in [0.1, 0.15) is 18.7 Å². The van der Waals surface area contributed by atoms with E-state index in [2.05, 4.69) is 9.97 Å². The second-order valence-corrected chi connectivity index (χ2v) is 4.19. The zero-order valence-corrected chi connectivity index (χ0v) is 9.99. The number of hydrogen-bond donors (Lipinski definition) is 1. The number of nitrogens with zero attached hydrogens (tertiary/aromatic N) is 3. The summed E-state index contributed by atoms with van der Waals surface area (Å²) in [5.74, 6) is 0. The van der Waals surface area contributed by atoms with Crippen molar-refractivity contribution >= 4 is 5.65 Å². The Bertz CT molecular complexity index is 674. The molecule has 0 saturated heterocycles. The van der Waals surface area contributed by atoms with Gasteiger partial charge in [0.2, 0.25) is 0 Å². The Balaban J connectivity index is 2.32. The number of rotatable bonds is 2. The summed E-state index contributed by atoms with van der Waals surface area (Å²) in [5, 5.41) is 9.97. The van der Waals surface area contributed by atoms with E-state index in [1.807, 2.05) is 40.9 Å². The van der Waals surface area contributed by atoms with Crippen LogP contribution in [0, 0.1) is 0 Å². The van der Waals surface area contributed by atoms with Gasteiger partial charge in [-0.1, -0.05) is 6.07 Å². The Hall–Kier alpha value is -2.20. The van der Waals surface area contributed by atoms with Crippen LogP contribution in [0.5, 0.6) is 0 Å². The number of fused-ring (bicyclic) bond motifs is 1. The van der Waals surface area contributed by atoms with Gasteiger partial charge in [-0.25, -0.2) is 4.98 Å². The number of aliphatic hydroxyl groups excluding tert-OH is 1. The Kier molecular flexibility index (Phi) is 2.57. The number of imidazole rings is 1. The number of aliphatic hydroxyl groups is 1. The molecule has 0 aliphatic heterocycles. The van der Waals surface area contributed by atoms with E-state index in [-0.39, 0.29) is 0 Å². The molecule has 1 unspecified atom stereocenters. The van der Waals surface area contributed by atoms with Crippen molar-refractivity contribution in [3.05, 3.63) is 54.6 Å². The van der Waals surface area contributed by atoms with E-state index in [9.17, 15) is 5.11 Å². The molecule has 90 valence electrons. The standard InChI is InChI=1S/C14H13N3O/c1-10(18)14-13(11-5-4-7-15-9-11)16-12-6-2-3-8-17(12)14/h2-10,18H,1H3. The van der Waals surface area contributed by atoms with Gasteiger partial charge in [-0.15, -0.1) is 0 Å². The first-order valence-corrected chi connectivity index (χ1v) is 5.83. The summed E-state index contributed by atoms with van der Waals surface area (Å²) in [4.78, 5) is 8.67. The highest BCUT2D eigenvalue weighted by atomic mass is 16.3. The lowest BCUT2D eigenvalue weighted by Crippen LogP contribution is -1.99. The summed E-state index contributed by atoms with van der Waals surface area (Å²) in [7, 11) is 0. The van der Waals surface area contributed by atoms with E-state index in [0.29, 0.717) is 0 Å². The van der Waals surface area contributed by atoms with E-state index in [4.69, 9.17) is 0 Å². The molecule has 4 heteroatoms. The molecule has 0 aliphatic rings. The van der Waals surface area contributed by atoms with Gasteiger partial charge >= 0.3 is 0 Å². The van der Waals surface area contributed by atoms with Crippen LogP contribution in [-0.2, 0) is 0 Å². The molecule has 0 spiro atoms. The molecular formula is C14H13N3O. The Morgan fingerprint density at radius 1 is 1.22 bits per heavy atom. The van der Waals surface area contributed by atoms with Crippen LogP contribution < -0.4 is 0 Å². The smallest absolute Gasteiger partial charge is 0.137 e. The average molecular weight is 239 g/mol. The molecule has 0 fully saturated rings. The molecule has 0 bridgehead atoms. The summed E-state index contributed by atoms with van der Waals surface area (Å²) in [6.07, 6.45) is 4.80. The Labute approximate surface area is 105 Å². The molecule has 3 heterocycles. The molecule has 0 saturated carbocycles. The molecule has 3 aromatic heterocycles. The largest absolute Gasteiger partial charge is 0.387 e. The molecule has 18 heavy (non-hydrogen) atoms. The predicted octanol–water partition coefficient (Wildman–Crippen LogP) is 2.45. The minimum Gasteiger partial charge on any atom is -0.387 e. The second-order valence-electron chi connectivity index (χ2n) is 4.19. The van der Waals surface area contributed by atoms with Crippen molar-refractivity contribution in [3.8, 4) is 11.3 Å². The molecule has 1 atom stereocenters. The van der Waals surface area contributed by atoms with E-state index in [1.165, 1.54) is 0 Å². The third kappa shape index (κ3) is 1.67. The predicted molar refractivity (Wildman–Crippen MR) is 69.1 cm³/mol. The van der Waals surface area contributed by atoms with Crippen molar-refractivity contribution < 1.29 is 5.11 Å². The first-order valence-electron chi connectivity index (χ1n) is 5.83. The van der Waals surface area contributed by atoms with Crippen molar-refractivity contribution in [2.24, 2.45) is 0 Å². The Morgan fingerprint density at radius 2 is 2.11 bits per heavy atom. The van der Waals surface area contributed by atoms with Gasteiger partial charge in [-0.2, -0.15) is 0 Å². The van der Waals surface area contributed by atoms with Crippen LogP contribution in [0.2, 0.25) is 0 Å². The first-order chi connectivity index (χ1) is 8.77. The molecule has 0 radical (unpaired) electrons. The van der Waals surface area contributed by atoms with E-state index in [0.717, 1.165) is 22.6 Å². The average Bonchev–Trinajstić information content (AvgIpc) is 2.79. The van der Waals surface area contributed by atoms with Gasteiger partial charge in [0, 0.05) is 24.2 Å². The van der Waals surface area contributed by atoms with Gasteiger partial charge in [-0.05, 0) is 31.2 Å². The second kappa shape index (κ2) is 4.23. The van der Waals surface area contributed by atoms with E-state index in [1.54, 1.807) is 19.3 Å². The summed E-state index contributed by atoms with van der Waals surface area (Å²) < 4.78 is 1.91. The lowest BCUT2D eigenvalue weighted by Gasteiger charge is -2.07. The van der Waals surface area contributed by atoms with Crippen LogP contribution in [0.15, 0.2) is 48.9 Å². The number of aromatic nitrogens is 3. The first kappa shape index (κ1) is 10.9. The summed E-state index contributed by atoms with van der Waals surface area (Å²) >= 11 is 0. The lowest BCUT2D eigenvalue weighted by molar-refractivity contribution is 0.194. The third-order valence-electron chi connectivity index (χ3n) is 2.90. The van der Waals surface area contributed by atoms with Crippen molar-refractivity contribution in [1.82, 2.24) is 14.4 Å². The quantitative estimate of drug-likeness (QED) is 0.747. The monoisotopic (exact) mass is 239 g/mol.